The third-order valence-corrected chi connectivity index (χ3v) is 3.94. The standard InChI is InChI=1S/C10H21N4O2P/c1-9(2,3)15-17(11,16-10(4,5)6)8-7-12-14-13-8/h7,11H,1-6H3,(H,12,13,14). The van der Waals surface area contributed by atoms with Crippen LogP contribution in [0.4, 0.5) is 0 Å². The van der Waals surface area contributed by atoms with Crippen molar-refractivity contribution in [1.29, 1.82) is 5.16 Å². The molecule has 98 valence electrons. The number of rotatable bonds is 3. The van der Waals surface area contributed by atoms with Gasteiger partial charge in [-0.2, -0.15) is 10.3 Å². The van der Waals surface area contributed by atoms with Crippen molar-refractivity contribution in [2.24, 2.45) is 0 Å². The molecule has 1 aromatic heterocycles. The molecule has 0 aromatic carbocycles. The Labute approximate surface area is 102 Å². The topological polar surface area (TPSA) is 83.9 Å². The molecule has 0 saturated carbocycles. The Bertz CT molecular complexity index is 383. The number of aromatic amines is 1. The van der Waals surface area contributed by atoms with Crippen molar-refractivity contribution >= 4 is 12.9 Å². The highest BCUT2D eigenvalue weighted by Gasteiger charge is 2.35. The average molecular weight is 260 g/mol. The molecule has 2 N–H and O–H groups in total. The summed E-state index contributed by atoms with van der Waals surface area (Å²) < 4.78 is 11.6. The van der Waals surface area contributed by atoms with Gasteiger partial charge in [-0.25, -0.2) is 0 Å². The van der Waals surface area contributed by atoms with E-state index in [2.05, 4.69) is 15.4 Å². The molecule has 7 heteroatoms. The zero-order valence-corrected chi connectivity index (χ0v) is 12.1. The van der Waals surface area contributed by atoms with Crippen molar-refractivity contribution in [3.63, 3.8) is 0 Å². The summed E-state index contributed by atoms with van der Waals surface area (Å²) in [5, 5.41) is 18.6. The molecule has 1 heterocycles. The van der Waals surface area contributed by atoms with Gasteiger partial charge in [0.2, 0.25) is 0 Å². The summed E-state index contributed by atoms with van der Waals surface area (Å²) in [5.41, 5.74) is -0.526. The molecule has 0 bridgehead atoms. The molecule has 1 aromatic rings. The quantitative estimate of drug-likeness (QED) is 0.818. The highest BCUT2D eigenvalue weighted by atomic mass is 31.2. The van der Waals surface area contributed by atoms with Gasteiger partial charge in [0.1, 0.15) is 0 Å². The largest absolute Gasteiger partial charge is 0.314 e. The summed E-state index contributed by atoms with van der Waals surface area (Å²) in [7, 11) is -2.97. The van der Waals surface area contributed by atoms with Crippen LogP contribution < -0.4 is 5.44 Å². The zero-order valence-electron chi connectivity index (χ0n) is 11.2. The van der Waals surface area contributed by atoms with Crippen LogP contribution in [0.1, 0.15) is 41.5 Å². The van der Waals surface area contributed by atoms with Gasteiger partial charge in [-0.15, -0.1) is 5.10 Å². The van der Waals surface area contributed by atoms with E-state index in [-0.39, 0.29) is 0 Å². The van der Waals surface area contributed by atoms with Crippen molar-refractivity contribution in [2.45, 2.75) is 52.7 Å². The van der Waals surface area contributed by atoms with Crippen molar-refractivity contribution < 1.29 is 9.05 Å². The van der Waals surface area contributed by atoms with Crippen LogP contribution in [0.3, 0.4) is 0 Å². The zero-order chi connectivity index (χ0) is 13.3. The second kappa shape index (κ2) is 4.52. The monoisotopic (exact) mass is 260 g/mol. The Kier molecular flexibility index (Phi) is 3.81. The Balaban J connectivity index is 3.06. The minimum atomic E-state index is -2.97. The maximum Gasteiger partial charge on any atom is 0.264 e. The molecule has 1 rings (SSSR count). The van der Waals surface area contributed by atoms with Crippen LogP contribution in [0.15, 0.2) is 6.20 Å². The van der Waals surface area contributed by atoms with E-state index in [4.69, 9.17) is 14.2 Å². The van der Waals surface area contributed by atoms with E-state index >= 15 is 0 Å². The van der Waals surface area contributed by atoms with Crippen LogP contribution in [-0.2, 0) is 9.05 Å². The number of hydrogen-bond acceptors (Lipinski definition) is 5. The van der Waals surface area contributed by atoms with E-state index in [0.29, 0.717) is 5.44 Å². The molecular weight excluding hydrogens is 239 g/mol. The second-order valence-corrected chi connectivity index (χ2v) is 7.71. The molecule has 0 atom stereocenters. The molecule has 0 amide bonds. The van der Waals surface area contributed by atoms with Crippen molar-refractivity contribution in [2.75, 3.05) is 0 Å². The first kappa shape index (κ1) is 14.4. The first-order valence-electron chi connectivity index (χ1n) is 5.44. The summed E-state index contributed by atoms with van der Waals surface area (Å²) in [5.74, 6) is 0. The van der Waals surface area contributed by atoms with E-state index in [1.54, 1.807) is 0 Å². The molecule has 0 fully saturated rings. The van der Waals surface area contributed by atoms with Crippen molar-refractivity contribution in [3.05, 3.63) is 6.20 Å². The lowest BCUT2D eigenvalue weighted by molar-refractivity contribution is 0.0695. The third-order valence-electron chi connectivity index (χ3n) is 1.51. The second-order valence-electron chi connectivity index (χ2n) is 5.79. The lowest BCUT2D eigenvalue weighted by Gasteiger charge is -2.33. The van der Waals surface area contributed by atoms with Gasteiger partial charge in [0, 0.05) is 0 Å². The van der Waals surface area contributed by atoms with Gasteiger partial charge in [0.15, 0.2) is 5.44 Å². The lowest BCUT2D eigenvalue weighted by Crippen LogP contribution is -2.28. The van der Waals surface area contributed by atoms with Crippen molar-refractivity contribution in [1.82, 2.24) is 15.4 Å². The Morgan fingerprint density at radius 3 is 1.88 bits per heavy atom. The first-order valence-corrected chi connectivity index (χ1v) is 7.06. The molecule has 0 aliphatic carbocycles. The smallest absolute Gasteiger partial charge is 0.264 e. The number of nitrogens with zero attached hydrogens (tertiary/aromatic N) is 2. The van der Waals surface area contributed by atoms with Crippen LogP contribution in [0.25, 0.3) is 0 Å². The Morgan fingerprint density at radius 2 is 1.59 bits per heavy atom. The van der Waals surface area contributed by atoms with Crippen molar-refractivity contribution in [3.8, 4) is 0 Å². The van der Waals surface area contributed by atoms with E-state index in [1.165, 1.54) is 6.20 Å². The molecule has 0 saturated heterocycles. The SMILES string of the molecule is CC(C)(C)OP(=N)(OC(C)(C)C)c1cn[nH]n1. The molecule has 0 aliphatic rings. The minimum Gasteiger partial charge on any atom is -0.314 e. The predicted octanol–water partition coefficient (Wildman–Crippen LogP) is 2.67. The van der Waals surface area contributed by atoms with Crippen LogP contribution in [0, 0.1) is 5.16 Å². The van der Waals surface area contributed by atoms with Gasteiger partial charge in [-0.3, -0.25) is 5.16 Å². The Hall–Kier alpha value is -0.710. The Morgan fingerprint density at radius 1 is 1.12 bits per heavy atom. The highest BCUT2D eigenvalue weighted by Crippen LogP contribution is 2.53. The molecular formula is C10H21N4O2P. The fourth-order valence-corrected chi connectivity index (χ4v) is 3.37. The molecule has 6 nitrogen and oxygen atoms in total. The van der Waals surface area contributed by atoms with Gasteiger partial charge in [-0.1, -0.05) is 0 Å². The summed E-state index contributed by atoms with van der Waals surface area (Å²) in [4.78, 5) is 0. The van der Waals surface area contributed by atoms with Gasteiger partial charge < -0.3 is 9.05 Å². The lowest BCUT2D eigenvalue weighted by atomic mass is 10.2. The molecule has 0 unspecified atom stereocenters. The summed E-state index contributed by atoms with van der Waals surface area (Å²) >= 11 is 0. The normalized spacial score (nSPS) is 14.0. The highest BCUT2D eigenvalue weighted by molar-refractivity contribution is 7.63. The van der Waals surface area contributed by atoms with E-state index < -0.39 is 18.7 Å². The van der Waals surface area contributed by atoms with Crippen LogP contribution in [0.5, 0.6) is 0 Å². The summed E-state index contributed by atoms with van der Waals surface area (Å²) in [6.07, 6.45) is 1.48. The predicted molar refractivity (Wildman–Crippen MR) is 67.3 cm³/mol. The van der Waals surface area contributed by atoms with Gasteiger partial charge >= 0.3 is 0 Å². The average Bonchev–Trinajstić information content (AvgIpc) is 2.45. The van der Waals surface area contributed by atoms with E-state index in [1.807, 2.05) is 41.5 Å². The maximum absolute atomic E-state index is 8.43. The maximum atomic E-state index is 8.43. The number of aromatic nitrogens is 3. The summed E-state index contributed by atoms with van der Waals surface area (Å²) in [6, 6.07) is 0. The number of hydrogen-bond donors (Lipinski definition) is 2. The van der Waals surface area contributed by atoms with E-state index in [0.717, 1.165) is 0 Å². The fourth-order valence-electron chi connectivity index (χ4n) is 1.22. The third kappa shape index (κ3) is 4.58. The van der Waals surface area contributed by atoms with E-state index in [9.17, 15) is 0 Å². The van der Waals surface area contributed by atoms with Gasteiger partial charge in [0.05, 0.1) is 17.4 Å². The number of H-pyrrole nitrogens is 1. The molecule has 0 radical (unpaired) electrons. The van der Waals surface area contributed by atoms with Gasteiger partial charge in [0.25, 0.3) is 7.51 Å². The molecule has 17 heavy (non-hydrogen) atoms. The molecule has 0 spiro atoms. The molecule has 0 aliphatic heterocycles. The summed E-state index contributed by atoms with van der Waals surface area (Å²) in [6.45, 7) is 11.3. The van der Waals surface area contributed by atoms with Crippen LogP contribution in [-0.4, -0.2) is 26.6 Å². The van der Waals surface area contributed by atoms with Gasteiger partial charge in [-0.05, 0) is 41.5 Å². The minimum absolute atomic E-state index is 0.419. The fraction of sp³-hybridized carbons (Fsp3) is 0.800. The number of nitrogens with one attached hydrogen (secondary N) is 2. The van der Waals surface area contributed by atoms with Crippen LogP contribution in [0.2, 0.25) is 0 Å². The first-order chi connectivity index (χ1) is 7.52. The van der Waals surface area contributed by atoms with Crippen LogP contribution >= 0.6 is 7.51 Å².